The summed E-state index contributed by atoms with van der Waals surface area (Å²) in [5.41, 5.74) is 10.8. The van der Waals surface area contributed by atoms with Gasteiger partial charge in [0, 0.05) is 26.2 Å². The Morgan fingerprint density at radius 1 is 0.429 bits per heavy atom. The molecule has 0 saturated carbocycles. The van der Waals surface area contributed by atoms with Gasteiger partial charge in [0.1, 0.15) is 0 Å². The van der Waals surface area contributed by atoms with Crippen LogP contribution in [-0.2, 0) is 15.9 Å². The van der Waals surface area contributed by atoms with Gasteiger partial charge in [-0.05, 0) is 25.9 Å². The zero-order chi connectivity index (χ0) is 26.5. The van der Waals surface area contributed by atoms with Crippen molar-refractivity contribution >= 4 is 19.1 Å². The van der Waals surface area contributed by atoms with Gasteiger partial charge in [-0.3, -0.25) is 0 Å². The Morgan fingerprint density at radius 3 is 0.886 bits per heavy atom. The monoisotopic (exact) mass is 632 g/mol. The first kappa shape index (κ1) is 40.6. The third-order valence-corrected chi connectivity index (χ3v) is 6.06. The molecule has 0 aromatic rings. The van der Waals surface area contributed by atoms with Crippen LogP contribution in [0.1, 0.15) is 142 Å². The average Bonchev–Trinajstić information content (AvgIpc) is 2.86. The third kappa shape index (κ3) is 52.3. The van der Waals surface area contributed by atoms with Crippen molar-refractivity contribution in [1.29, 1.82) is 0 Å². The van der Waals surface area contributed by atoms with Gasteiger partial charge in [0.15, 0.2) is 0 Å². The Hall–Kier alpha value is 1.08. The summed E-state index contributed by atoms with van der Waals surface area (Å²) in [5, 5.41) is 6.67. The molecule has 0 heterocycles. The molecule has 0 saturated heterocycles. The summed E-state index contributed by atoms with van der Waals surface area (Å²) in [6, 6.07) is 0. The number of unbranched alkanes of at least 4 members (excludes halogenated alkanes) is 18. The second kappa shape index (κ2) is 45.0. The first-order valence-electron chi connectivity index (χ1n) is 14.9. The van der Waals surface area contributed by atoms with Crippen molar-refractivity contribution in [2.75, 3.05) is 39.3 Å². The SMILES string of the molecule is CCCCCCCCCCCCNCCN.CCCCCCCCCCCCNCCN.[Cl][Pd][Cl]. The van der Waals surface area contributed by atoms with E-state index in [1.807, 2.05) is 0 Å². The third-order valence-electron chi connectivity index (χ3n) is 6.06. The molecular weight excluding hydrogens is 570 g/mol. The fourth-order valence-electron chi connectivity index (χ4n) is 3.93. The first-order chi connectivity index (χ1) is 17.2. The summed E-state index contributed by atoms with van der Waals surface area (Å²) in [6.45, 7) is 10.3. The van der Waals surface area contributed by atoms with Crippen molar-refractivity contribution in [3.05, 3.63) is 0 Å². The second-order valence-electron chi connectivity index (χ2n) is 9.49. The Morgan fingerprint density at radius 2 is 0.657 bits per heavy atom. The minimum atomic E-state index is -0.106. The van der Waals surface area contributed by atoms with Crippen molar-refractivity contribution in [3.8, 4) is 0 Å². The summed E-state index contributed by atoms with van der Waals surface area (Å²) in [6.07, 6.45) is 28.2. The molecule has 6 N–H and O–H groups in total. The van der Waals surface area contributed by atoms with Crippen LogP contribution in [0.4, 0.5) is 0 Å². The fourth-order valence-corrected chi connectivity index (χ4v) is 3.93. The second-order valence-corrected chi connectivity index (χ2v) is 11.8. The molecule has 0 aliphatic rings. The molecule has 0 bridgehead atoms. The molecule has 0 aliphatic heterocycles. The van der Waals surface area contributed by atoms with E-state index in [1.165, 1.54) is 128 Å². The summed E-state index contributed by atoms with van der Waals surface area (Å²) >= 11 is -0.106. The van der Waals surface area contributed by atoms with E-state index in [9.17, 15) is 0 Å². The average molecular weight is 634 g/mol. The molecule has 0 aliphatic carbocycles. The van der Waals surface area contributed by atoms with E-state index in [1.54, 1.807) is 0 Å². The van der Waals surface area contributed by atoms with Gasteiger partial charge in [-0.2, -0.15) is 0 Å². The van der Waals surface area contributed by atoms with Crippen LogP contribution >= 0.6 is 19.1 Å². The van der Waals surface area contributed by atoms with Gasteiger partial charge in [0.2, 0.25) is 0 Å². The Labute approximate surface area is 237 Å². The Kier molecular flexibility index (Phi) is 52.2. The van der Waals surface area contributed by atoms with Crippen LogP contribution in [0.15, 0.2) is 0 Å². The molecule has 0 radical (unpaired) electrons. The van der Waals surface area contributed by atoms with Crippen LogP contribution in [0.5, 0.6) is 0 Å². The molecule has 0 spiro atoms. The van der Waals surface area contributed by atoms with E-state index < -0.39 is 0 Å². The van der Waals surface area contributed by atoms with Crippen LogP contribution in [0, 0.1) is 0 Å². The molecule has 7 heteroatoms. The zero-order valence-corrected chi connectivity index (χ0v) is 26.7. The zero-order valence-electron chi connectivity index (χ0n) is 23.6. The number of hydrogen-bond acceptors (Lipinski definition) is 4. The predicted molar refractivity (Wildman–Crippen MR) is 159 cm³/mol. The molecule has 0 aromatic carbocycles. The van der Waals surface area contributed by atoms with Crippen LogP contribution in [0.2, 0.25) is 0 Å². The minimum absolute atomic E-state index is 0.106. The summed E-state index contributed by atoms with van der Waals surface area (Å²) in [5.74, 6) is 0. The molecular formula is C28H64Cl2N4Pd. The van der Waals surface area contributed by atoms with Crippen LogP contribution < -0.4 is 22.1 Å². The summed E-state index contributed by atoms with van der Waals surface area (Å²) in [4.78, 5) is 0. The van der Waals surface area contributed by atoms with Crippen LogP contribution in [0.3, 0.4) is 0 Å². The van der Waals surface area contributed by atoms with Gasteiger partial charge in [-0.15, -0.1) is 0 Å². The first-order valence-corrected chi connectivity index (χ1v) is 18.9. The molecule has 0 amide bonds. The summed E-state index contributed by atoms with van der Waals surface area (Å²) in [7, 11) is 9.63. The van der Waals surface area contributed by atoms with E-state index >= 15 is 0 Å². The number of halogens is 2. The van der Waals surface area contributed by atoms with Gasteiger partial charge < -0.3 is 22.1 Å². The molecule has 0 fully saturated rings. The van der Waals surface area contributed by atoms with E-state index in [4.69, 9.17) is 30.5 Å². The molecule has 4 nitrogen and oxygen atoms in total. The summed E-state index contributed by atoms with van der Waals surface area (Å²) < 4.78 is 0. The molecule has 0 atom stereocenters. The molecule has 0 aromatic heterocycles. The quantitative estimate of drug-likeness (QED) is 0.0571. The van der Waals surface area contributed by atoms with E-state index in [0.717, 1.165) is 39.3 Å². The maximum absolute atomic E-state index is 5.40. The number of hydrogen-bond donors (Lipinski definition) is 4. The van der Waals surface area contributed by atoms with E-state index in [-0.39, 0.29) is 15.9 Å². The standard InChI is InChI=1S/2C14H32N2.2ClH.Pd/c2*1-2-3-4-5-6-7-8-9-10-11-13-16-14-12-15;;;/h2*16H,2-15H2,1H3;2*1H;/q;;;;+2/p-2. The topological polar surface area (TPSA) is 76.1 Å². The van der Waals surface area contributed by atoms with E-state index in [2.05, 4.69) is 24.5 Å². The van der Waals surface area contributed by atoms with Crippen molar-refractivity contribution < 1.29 is 15.9 Å². The Balaban J connectivity index is -0.000000525. The number of nitrogens with one attached hydrogen (secondary N) is 2. The van der Waals surface area contributed by atoms with Crippen molar-refractivity contribution in [2.45, 2.75) is 142 Å². The van der Waals surface area contributed by atoms with Gasteiger partial charge in [0.05, 0.1) is 0 Å². The van der Waals surface area contributed by atoms with Gasteiger partial charge >= 0.3 is 35.0 Å². The number of nitrogens with two attached hydrogens (primary N) is 2. The fraction of sp³-hybridized carbons (Fsp3) is 1.00. The normalized spacial score (nSPS) is 10.6. The van der Waals surface area contributed by atoms with Gasteiger partial charge in [-0.1, -0.05) is 129 Å². The van der Waals surface area contributed by atoms with Crippen molar-refractivity contribution in [2.24, 2.45) is 11.5 Å². The molecule has 0 rings (SSSR count). The van der Waals surface area contributed by atoms with Crippen molar-refractivity contribution in [1.82, 2.24) is 10.6 Å². The van der Waals surface area contributed by atoms with Gasteiger partial charge in [0.25, 0.3) is 0 Å². The Bertz CT molecular complexity index is 261. The molecule has 0 unspecified atom stereocenters. The van der Waals surface area contributed by atoms with Crippen LogP contribution in [0.25, 0.3) is 0 Å². The predicted octanol–water partition coefficient (Wildman–Crippen LogP) is 8.29. The van der Waals surface area contributed by atoms with Crippen LogP contribution in [-0.4, -0.2) is 39.3 Å². The molecule has 35 heavy (non-hydrogen) atoms. The van der Waals surface area contributed by atoms with Gasteiger partial charge in [-0.25, -0.2) is 0 Å². The number of rotatable bonds is 26. The maximum atomic E-state index is 5.40. The molecule has 220 valence electrons. The van der Waals surface area contributed by atoms with E-state index in [0.29, 0.717) is 0 Å². The van der Waals surface area contributed by atoms with Crippen molar-refractivity contribution in [3.63, 3.8) is 0 Å².